The molecule has 1 aliphatic carbocycles. The van der Waals surface area contributed by atoms with E-state index in [9.17, 15) is 4.79 Å². The zero-order chi connectivity index (χ0) is 11.7. The lowest BCUT2D eigenvalue weighted by molar-refractivity contribution is -0.113. The van der Waals surface area contributed by atoms with Gasteiger partial charge < -0.3 is 5.32 Å². The Hall–Kier alpha value is -0.870. The lowest BCUT2D eigenvalue weighted by Crippen LogP contribution is -2.14. The standard InChI is InChI=1S/C11H10BrClN2O/c1-6(7-2-3-7)11(16)15-8-4-9(13)10(12)14-5-8/h4-5,7H,1-3H2,(H,15,16). The molecule has 3 nitrogen and oxygen atoms in total. The molecule has 1 aliphatic rings. The molecule has 84 valence electrons. The molecule has 1 aromatic heterocycles. The van der Waals surface area contributed by atoms with Crippen molar-refractivity contribution in [2.75, 3.05) is 5.32 Å². The fraction of sp³-hybridized carbons (Fsp3) is 0.273. The van der Waals surface area contributed by atoms with Crippen molar-refractivity contribution in [1.82, 2.24) is 4.98 Å². The summed E-state index contributed by atoms with van der Waals surface area (Å²) in [6, 6.07) is 1.65. The van der Waals surface area contributed by atoms with E-state index in [0.717, 1.165) is 12.8 Å². The monoisotopic (exact) mass is 300 g/mol. The molecule has 0 saturated heterocycles. The maximum Gasteiger partial charge on any atom is 0.251 e. The molecule has 2 rings (SSSR count). The Morgan fingerprint density at radius 2 is 2.31 bits per heavy atom. The number of carbonyl (C=O) groups is 1. The molecule has 1 amide bonds. The Morgan fingerprint density at radius 3 is 2.88 bits per heavy atom. The number of halogens is 2. The molecule has 1 N–H and O–H groups in total. The highest BCUT2D eigenvalue weighted by Crippen LogP contribution is 2.36. The van der Waals surface area contributed by atoms with E-state index >= 15 is 0 Å². The Morgan fingerprint density at radius 1 is 1.62 bits per heavy atom. The first kappa shape index (κ1) is 11.6. The van der Waals surface area contributed by atoms with Crippen LogP contribution in [-0.4, -0.2) is 10.9 Å². The van der Waals surface area contributed by atoms with Gasteiger partial charge in [0.2, 0.25) is 0 Å². The molecule has 1 heterocycles. The van der Waals surface area contributed by atoms with Gasteiger partial charge in [0.15, 0.2) is 0 Å². The van der Waals surface area contributed by atoms with Crippen LogP contribution >= 0.6 is 27.5 Å². The second kappa shape index (κ2) is 4.55. The van der Waals surface area contributed by atoms with Gasteiger partial charge in [-0.05, 0) is 40.8 Å². The third-order valence-electron chi connectivity index (χ3n) is 2.42. The number of amides is 1. The van der Waals surface area contributed by atoms with Crippen LogP contribution in [0.5, 0.6) is 0 Å². The van der Waals surface area contributed by atoms with Crippen LogP contribution in [0, 0.1) is 5.92 Å². The summed E-state index contributed by atoms with van der Waals surface area (Å²) in [6.07, 6.45) is 3.67. The number of carbonyl (C=O) groups excluding carboxylic acids is 1. The maximum absolute atomic E-state index is 11.7. The lowest BCUT2D eigenvalue weighted by atomic mass is 10.2. The highest BCUT2D eigenvalue weighted by molar-refractivity contribution is 9.10. The van der Waals surface area contributed by atoms with Crippen molar-refractivity contribution >= 4 is 39.1 Å². The summed E-state index contributed by atoms with van der Waals surface area (Å²) in [6.45, 7) is 3.78. The van der Waals surface area contributed by atoms with Crippen LogP contribution in [0.3, 0.4) is 0 Å². The minimum atomic E-state index is -0.150. The van der Waals surface area contributed by atoms with Gasteiger partial charge in [-0.25, -0.2) is 4.98 Å². The van der Waals surface area contributed by atoms with Crippen molar-refractivity contribution < 1.29 is 4.79 Å². The molecular formula is C11H10BrClN2O. The number of rotatable bonds is 3. The smallest absolute Gasteiger partial charge is 0.251 e. The van der Waals surface area contributed by atoms with E-state index in [1.165, 1.54) is 0 Å². The quantitative estimate of drug-likeness (QED) is 0.687. The van der Waals surface area contributed by atoms with Gasteiger partial charge in [-0.1, -0.05) is 18.2 Å². The summed E-state index contributed by atoms with van der Waals surface area (Å²) >= 11 is 9.05. The molecule has 16 heavy (non-hydrogen) atoms. The van der Waals surface area contributed by atoms with Crippen LogP contribution in [0.15, 0.2) is 29.0 Å². The molecule has 1 saturated carbocycles. The maximum atomic E-state index is 11.7. The average molecular weight is 302 g/mol. The Balaban J connectivity index is 2.05. The van der Waals surface area contributed by atoms with Crippen LogP contribution in [0.2, 0.25) is 5.02 Å². The highest BCUT2D eigenvalue weighted by atomic mass is 79.9. The number of nitrogens with one attached hydrogen (secondary N) is 1. The van der Waals surface area contributed by atoms with Crippen LogP contribution in [0.25, 0.3) is 0 Å². The molecule has 0 radical (unpaired) electrons. The van der Waals surface area contributed by atoms with Crippen molar-refractivity contribution in [2.24, 2.45) is 5.92 Å². The first-order valence-electron chi connectivity index (χ1n) is 4.89. The SMILES string of the molecule is C=C(C(=O)Nc1cnc(Br)c(Cl)c1)C1CC1. The topological polar surface area (TPSA) is 42.0 Å². The van der Waals surface area contributed by atoms with Crippen LogP contribution in [0.4, 0.5) is 5.69 Å². The van der Waals surface area contributed by atoms with Gasteiger partial charge >= 0.3 is 0 Å². The number of anilines is 1. The number of pyridine rings is 1. The predicted octanol–water partition coefficient (Wildman–Crippen LogP) is 3.40. The van der Waals surface area contributed by atoms with Gasteiger partial charge in [0.1, 0.15) is 4.60 Å². The Bertz CT molecular complexity index is 457. The summed E-state index contributed by atoms with van der Waals surface area (Å²) in [7, 11) is 0. The largest absolute Gasteiger partial charge is 0.321 e. The van der Waals surface area contributed by atoms with Crippen molar-refractivity contribution in [3.05, 3.63) is 34.0 Å². The van der Waals surface area contributed by atoms with E-state index in [0.29, 0.717) is 26.8 Å². The molecule has 5 heteroatoms. The third kappa shape index (κ3) is 2.62. The first-order valence-corrected chi connectivity index (χ1v) is 6.06. The number of hydrogen-bond donors (Lipinski definition) is 1. The number of hydrogen-bond acceptors (Lipinski definition) is 2. The summed E-state index contributed by atoms with van der Waals surface area (Å²) in [5.74, 6) is 0.210. The van der Waals surface area contributed by atoms with Gasteiger partial charge in [-0.3, -0.25) is 4.79 Å². The molecule has 0 unspecified atom stereocenters. The first-order chi connectivity index (χ1) is 7.58. The molecule has 0 atom stereocenters. The van der Waals surface area contributed by atoms with Gasteiger partial charge in [0, 0.05) is 5.57 Å². The summed E-state index contributed by atoms with van der Waals surface area (Å²) < 4.78 is 0.563. The molecule has 0 spiro atoms. The van der Waals surface area contributed by atoms with E-state index in [2.05, 4.69) is 32.8 Å². The molecule has 1 fully saturated rings. The molecular weight excluding hydrogens is 291 g/mol. The summed E-state index contributed by atoms with van der Waals surface area (Å²) in [5.41, 5.74) is 1.22. The van der Waals surface area contributed by atoms with Gasteiger partial charge in [0.25, 0.3) is 5.91 Å². The van der Waals surface area contributed by atoms with Crippen LogP contribution < -0.4 is 5.32 Å². The number of nitrogens with zero attached hydrogens (tertiary/aromatic N) is 1. The minimum absolute atomic E-state index is 0.150. The van der Waals surface area contributed by atoms with Crippen molar-refractivity contribution in [1.29, 1.82) is 0 Å². The minimum Gasteiger partial charge on any atom is -0.321 e. The van der Waals surface area contributed by atoms with Crippen LogP contribution in [-0.2, 0) is 4.79 Å². The van der Waals surface area contributed by atoms with Crippen molar-refractivity contribution in [3.8, 4) is 0 Å². The molecule has 0 aliphatic heterocycles. The van der Waals surface area contributed by atoms with Crippen molar-refractivity contribution in [2.45, 2.75) is 12.8 Å². The zero-order valence-electron chi connectivity index (χ0n) is 8.46. The highest BCUT2D eigenvalue weighted by Gasteiger charge is 2.28. The second-order valence-corrected chi connectivity index (χ2v) is 4.91. The van der Waals surface area contributed by atoms with Crippen molar-refractivity contribution in [3.63, 3.8) is 0 Å². The fourth-order valence-electron chi connectivity index (χ4n) is 1.32. The van der Waals surface area contributed by atoms with Gasteiger partial charge in [-0.15, -0.1) is 0 Å². The van der Waals surface area contributed by atoms with E-state index < -0.39 is 0 Å². The Labute approximate surface area is 107 Å². The zero-order valence-corrected chi connectivity index (χ0v) is 10.8. The van der Waals surface area contributed by atoms with Gasteiger partial charge in [-0.2, -0.15) is 0 Å². The molecule has 1 aromatic rings. The summed E-state index contributed by atoms with van der Waals surface area (Å²) in [4.78, 5) is 15.7. The molecule has 0 bridgehead atoms. The normalized spacial score (nSPS) is 14.6. The van der Waals surface area contributed by atoms with E-state index in [1.54, 1.807) is 12.3 Å². The third-order valence-corrected chi connectivity index (χ3v) is 3.56. The Kier molecular flexibility index (Phi) is 3.30. The van der Waals surface area contributed by atoms with E-state index in [1.807, 2.05) is 0 Å². The lowest BCUT2D eigenvalue weighted by Gasteiger charge is -2.06. The average Bonchev–Trinajstić information content (AvgIpc) is 3.06. The van der Waals surface area contributed by atoms with Gasteiger partial charge in [0.05, 0.1) is 16.9 Å². The summed E-state index contributed by atoms with van der Waals surface area (Å²) in [5, 5.41) is 3.19. The predicted molar refractivity (Wildman–Crippen MR) is 67.4 cm³/mol. The fourth-order valence-corrected chi connectivity index (χ4v) is 1.70. The number of aromatic nitrogens is 1. The van der Waals surface area contributed by atoms with E-state index in [4.69, 9.17) is 11.6 Å². The van der Waals surface area contributed by atoms with Crippen LogP contribution in [0.1, 0.15) is 12.8 Å². The second-order valence-electron chi connectivity index (χ2n) is 3.75. The van der Waals surface area contributed by atoms with E-state index in [-0.39, 0.29) is 5.91 Å². The molecule has 0 aromatic carbocycles.